The Morgan fingerprint density at radius 3 is 1.86 bits per heavy atom. The van der Waals surface area contributed by atoms with Crippen LogP contribution in [0.2, 0.25) is 0 Å². The molecule has 0 radical (unpaired) electrons. The Balaban J connectivity index is 1.09. The van der Waals surface area contributed by atoms with E-state index < -0.39 is 0 Å². The lowest BCUT2D eigenvalue weighted by Crippen LogP contribution is -2.25. The van der Waals surface area contributed by atoms with Crippen molar-refractivity contribution in [2.45, 2.75) is 46.0 Å². The molecule has 2 aromatic heterocycles. The molecule has 0 spiro atoms. The molecular weight excluding hydrogens is 851 g/mol. The van der Waals surface area contributed by atoms with Crippen molar-refractivity contribution >= 4 is 72.4 Å². The lowest BCUT2D eigenvalue weighted by atomic mass is 9.82. The molecule has 5 nitrogen and oxygen atoms in total. The first-order chi connectivity index (χ1) is 34.2. The van der Waals surface area contributed by atoms with Crippen molar-refractivity contribution in [1.29, 1.82) is 0 Å². The van der Waals surface area contributed by atoms with Crippen LogP contribution in [-0.4, -0.2) is 16.2 Å². The highest BCUT2D eigenvalue weighted by Gasteiger charge is 2.34. The molecule has 9 aromatic carbocycles. The molecule has 340 valence electrons. The predicted octanol–water partition coefficient (Wildman–Crippen LogP) is 17.8. The molecule has 11 aromatic rings. The standard InChI is InChI=1S/C65H55N5/c1-44(2)51-30-20-33-57(65(3,4)5)63(51)69(50-37-38-56-55-29-14-15-34-58(55)70(60(56)42-50)61-35-16-17-40-66-61)49-27-18-26-48(41-49)67-43-68(64-54-28-13-12-25-47(54)36-39-59(64)67)62-52(45-21-8-6-9-22-45)31-19-32-53(62)46-23-10-7-11-24-46/h6-42,44H,43H2,1-5H3. The van der Waals surface area contributed by atoms with Crippen LogP contribution in [0.4, 0.5) is 39.8 Å². The fourth-order valence-corrected chi connectivity index (χ4v) is 10.9. The zero-order valence-electron chi connectivity index (χ0n) is 40.4. The molecule has 70 heavy (non-hydrogen) atoms. The number of pyridine rings is 1. The molecule has 1 aliphatic heterocycles. The predicted molar refractivity (Wildman–Crippen MR) is 296 cm³/mol. The molecule has 0 N–H and O–H groups in total. The molecule has 3 heterocycles. The van der Waals surface area contributed by atoms with Crippen LogP contribution in [0.1, 0.15) is 51.7 Å². The van der Waals surface area contributed by atoms with Gasteiger partial charge in [0.25, 0.3) is 0 Å². The largest absolute Gasteiger partial charge is 0.321 e. The van der Waals surface area contributed by atoms with Crippen LogP contribution in [0.15, 0.2) is 225 Å². The van der Waals surface area contributed by atoms with E-state index in [0.717, 1.165) is 33.9 Å². The number of hydrogen-bond donors (Lipinski definition) is 0. The average molecular weight is 906 g/mol. The third-order valence-corrected chi connectivity index (χ3v) is 14.1. The topological polar surface area (TPSA) is 27.5 Å². The van der Waals surface area contributed by atoms with Crippen molar-refractivity contribution in [1.82, 2.24) is 9.55 Å². The minimum absolute atomic E-state index is 0.152. The second kappa shape index (κ2) is 17.3. The summed E-state index contributed by atoms with van der Waals surface area (Å²) in [6.45, 7) is 12.3. The first-order valence-corrected chi connectivity index (χ1v) is 24.5. The number of benzene rings is 9. The Bertz CT molecular complexity index is 3660. The van der Waals surface area contributed by atoms with Crippen LogP contribution in [0.25, 0.3) is 60.6 Å². The molecule has 0 unspecified atom stereocenters. The minimum Gasteiger partial charge on any atom is -0.321 e. The van der Waals surface area contributed by atoms with E-state index in [9.17, 15) is 0 Å². The maximum absolute atomic E-state index is 4.90. The highest BCUT2D eigenvalue weighted by atomic mass is 15.4. The number of fused-ring (bicyclic) bond motifs is 6. The van der Waals surface area contributed by atoms with E-state index in [0.29, 0.717) is 6.67 Å². The van der Waals surface area contributed by atoms with Crippen molar-refractivity contribution < 1.29 is 0 Å². The quantitative estimate of drug-likeness (QED) is 0.144. The summed E-state index contributed by atoms with van der Waals surface area (Å²) in [5, 5.41) is 4.83. The summed E-state index contributed by atoms with van der Waals surface area (Å²) in [7, 11) is 0. The molecule has 0 bridgehead atoms. The van der Waals surface area contributed by atoms with Gasteiger partial charge in [-0.05, 0) is 93.6 Å². The van der Waals surface area contributed by atoms with Crippen LogP contribution >= 0.6 is 0 Å². The summed E-state index contributed by atoms with van der Waals surface area (Å²) in [6, 6.07) is 79.9. The maximum atomic E-state index is 4.90. The van der Waals surface area contributed by atoms with Gasteiger partial charge >= 0.3 is 0 Å². The van der Waals surface area contributed by atoms with Crippen LogP contribution in [0, 0.1) is 0 Å². The Labute approximate surface area is 411 Å². The molecular formula is C65H55N5. The van der Waals surface area contributed by atoms with Crippen LogP contribution < -0.4 is 14.7 Å². The zero-order chi connectivity index (χ0) is 47.5. The lowest BCUT2D eigenvalue weighted by Gasteiger charge is -2.35. The van der Waals surface area contributed by atoms with Gasteiger partial charge in [-0.1, -0.05) is 198 Å². The summed E-state index contributed by atoms with van der Waals surface area (Å²) in [6.07, 6.45) is 1.88. The smallest absolute Gasteiger partial charge is 0.137 e. The third-order valence-electron chi connectivity index (χ3n) is 14.1. The van der Waals surface area contributed by atoms with Gasteiger partial charge in [0.1, 0.15) is 12.5 Å². The van der Waals surface area contributed by atoms with Gasteiger partial charge < -0.3 is 14.7 Å². The van der Waals surface area contributed by atoms with E-state index in [1.807, 2.05) is 12.3 Å². The average Bonchev–Trinajstić information content (AvgIpc) is 3.95. The van der Waals surface area contributed by atoms with Crippen molar-refractivity contribution in [3.05, 3.63) is 236 Å². The molecule has 0 amide bonds. The highest BCUT2D eigenvalue weighted by Crippen LogP contribution is 2.54. The number of aromatic nitrogens is 2. The van der Waals surface area contributed by atoms with E-state index in [1.54, 1.807) is 0 Å². The first kappa shape index (κ1) is 42.9. The summed E-state index contributed by atoms with van der Waals surface area (Å²) in [5.74, 6) is 1.16. The van der Waals surface area contributed by atoms with E-state index in [2.05, 4.69) is 266 Å². The molecule has 0 saturated carbocycles. The zero-order valence-corrected chi connectivity index (χ0v) is 40.4. The first-order valence-electron chi connectivity index (χ1n) is 24.5. The summed E-state index contributed by atoms with van der Waals surface area (Å²) < 4.78 is 2.32. The highest BCUT2D eigenvalue weighted by molar-refractivity contribution is 6.11. The molecule has 1 aliphatic rings. The fraction of sp³-hybridized carbons (Fsp3) is 0.123. The van der Waals surface area contributed by atoms with E-state index in [1.165, 1.54) is 77.7 Å². The normalized spacial score (nSPS) is 12.7. The molecule has 0 saturated heterocycles. The summed E-state index contributed by atoms with van der Waals surface area (Å²) >= 11 is 0. The van der Waals surface area contributed by atoms with Gasteiger partial charge in [0, 0.05) is 50.5 Å². The Kier molecular flexibility index (Phi) is 10.6. The molecule has 5 heteroatoms. The van der Waals surface area contributed by atoms with Gasteiger partial charge in [-0.25, -0.2) is 4.98 Å². The monoisotopic (exact) mass is 905 g/mol. The molecule has 0 atom stereocenters. The van der Waals surface area contributed by atoms with Gasteiger partial charge in [-0.3, -0.25) is 4.57 Å². The second-order valence-corrected chi connectivity index (χ2v) is 19.8. The van der Waals surface area contributed by atoms with Crippen molar-refractivity contribution in [2.75, 3.05) is 21.4 Å². The molecule has 12 rings (SSSR count). The van der Waals surface area contributed by atoms with Crippen LogP contribution in [-0.2, 0) is 5.41 Å². The van der Waals surface area contributed by atoms with Gasteiger partial charge in [0.15, 0.2) is 0 Å². The summed E-state index contributed by atoms with van der Waals surface area (Å²) in [5.41, 5.74) is 17.5. The van der Waals surface area contributed by atoms with Gasteiger partial charge in [-0.15, -0.1) is 0 Å². The minimum atomic E-state index is -0.152. The van der Waals surface area contributed by atoms with E-state index in [4.69, 9.17) is 4.98 Å². The van der Waals surface area contributed by atoms with Gasteiger partial charge in [0.2, 0.25) is 0 Å². The van der Waals surface area contributed by atoms with Crippen LogP contribution in [0.3, 0.4) is 0 Å². The number of anilines is 7. The molecule has 0 aliphatic carbocycles. The van der Waals surface area contributed by atoms with Crippen molar-refractivity contribution in [2.24, 2.45) is 0 Å². The summed E-state index contributed by atoms with van der Waals surface area (Å²) in [4.78, 5) is 12.5. The van der Waals surface area contributed by atoms with Gasteiger partial charge in [-0.2, -0.15) is 0 Å². The fourth-order valence-electron chi connectivity index (χ4n) is 10.9. The number of nitrogens with zero attached hydrogens (tertiary/aromatic N) is 5. The third kappa shape index (κ3) is 7.28. The van der Waals surface area contributed by atoms with Crippen molar-refractivity contribution in [3.8, 4) is 28.1 Å². The maximum Gasteiger partial charge on any atom is 0.137 e. The Morgan fingerprint density at radius 2 is 1.14 bits per heavy atom. The number of hydrogen-bond acceptors (Lipinski definition) is 4. The van der Waals surface area contributed by atoms with Crippen molar-refractivity contribution in [3.63, 3.8) is 0 Å². The van der Waals surface area contributed by atoms with E-state index >= 15 is 0 Å². The Hall–Kier alpha value is -8.41. The second-order valence-electron chi connectivity index (χ2n) is 19.8. The number of para-hydroxylation sites is 3. The molecule has 0 fully saturated rings. The number of rotatable bonds is 9. The van der Waals surface area contributed by atoms with Gasteiger partial charge in [0.05, 0.1) is 33.8 Å². The lowest BCUT2D eigenvalue weighted by molar-refractivity contribution is 0.589. The van der Waals surface area contributed by atoms with Crippen LogP contribution in [0.5, 0.6) is 0 Å². The Morgan fingerprint density at radius 1 is 0.500 bits per heavy atom. The van der Waals surface area contributed by atoms with E-state index in [-0.39, 0.29) is 11.3 Å². The SMILES string of the molecule is CC(C)c1cccc(C(C)(C)C)c1N(c1cccc(N2CN(c3c(-c4ccccc4)cccc3-c3ccccc3)c3c2ccc2ccccc32)c1)c1ccc2c3ccccc3n(-c3ccccn3)c2c1.